The number of rotatable bonds is 5. The minimum absolute atomic E-state index is 0.0377. The molecule has 1 aromatic carbocycles. The van der Waals surface area contributed by atoms with Crippen LogP contribution in [0.2, 0.25) is 0 Å². The number of carbonyl (C=O) groups is 2. The van der Waals surface area contributed by atoms with Gasteiger partial charge in [-0.3, -0.25) is 4.79 Å². The Balaban J connectivity index is 1.36. The molecular formula is C19H27N3O3. The van der Waals surface area contributed by atoms with Crippen LogP contribution >= 0.6 is 0 Å². The van der Waals surface area contributed by atoms with Crippen LogP contribution in [0.25, 0.3) is 0 Å². The summed E-state index contributed by atoms with van der Waals surface area (Å²) in [7, 11) is 0. The summed E-state index contributed by atoms with van der Waals surface area (Å²) in [5, 5.41) is 2.93. The first kappa shape index (κ1) is 17.7. The van der Waals surface area contributed by atoms with Crippen molar-refractivity contribution >= 4 is 11.9 Å². The third-order valence-electron chi connectivity index (χ3n) is 5.17. The molecule has 25 heavy (non-hydrogen) atoms. The van der Waals surface area contributed by atoms with Gasteiger partial charge in [0.1, 0.15) is 6.10 Å². The molecule has 3 rings (SSSR count). The van der Waals surface area contributed by atoms with Gasteiger partial charge in [0, 0.05) is 19.6 Å². The lowest BCUT2D eigenvalue weighted by Gasteiger charge is -2.32. The summed E-state index contributed by atoms with van der Waals surface area (Å²) < 4.78 is 5.54. The number of nitrogens with two attached hydrogens (primary N) is 1. The summed E-state index contributed by atoms with van der Waals surface area (Å²) in [6.45, 7) is 2.02. The number of benzene rings is 1. The fourth-order valence-corrected chi connectivity index (χ4v) is 3.67. The molecule has 0 aromatic heterocycles. The highest BCUT2D eigenvalue weighted by Gasteiger charge is 2.30. The SMILES string of the molecule is NC(=O)[C@@H]1CC[C@H](CNC(=O)N2CCC(Cc3ccccc3)CC2)O1. The molecule has 0 aliphatic carbocycles. The van der Waals surface area contributed by atoms with Crippen LogP contribution in [0.3, 0.4) is 0 Å². The number of ether oxygens (including phenoxy) is 1. The molecule has 2 fully saturated rings. The molecule has 136 valence electrons. The Kier molecular flexibility index (Phi) is 5.91. The van der Waals surface area contributed by atoms with Crippen molar-refractivity contribution in [1.29, 1.82) is 0 Å². The Morgan fingerprint density at radius 2 is 1.84 bits per heavy atom. The average Bonchev–Trinajstić information content (AvgIpc) is 3.11. The molecule has 0 saturated carbocycles. The van der Waals surface area contributed by atoms with Crippen molar-refractivity contribution in [3.8, 4) is 0 Å². The number of likely N-dealkylation sites (tertiary alicyclic amines) is 1. The minimum Gasteiger partial charge on any atom is -0.367 e. The van der Waals surface area contributed by atoms with Crippen molar-refractivity contribution in [1.82, 2.24) is 10.2 Å². The molecule has 0 spiro atoms. The Bertz CT molecular complexity index is 585. The molecule has 0 radical (unpaired) electrons. The van der Waals surface area contributed by atoms with Crippen LogP contribution in [0.1, 0.15) is 31.2 Å². The normalized spacial score (nSPS) is 24.2. The molecule has 1 aromatic rings. The summed E-state index contributed by atoms with van der Waals surface area (Å²) >= 11 is 0. The molecule has 2 aliphatic rings. The van der Waals surface area contributed by atoms with Crippen molar-refractivity contribution in [3.05, 3.63) is 35.9 Å². The lowest BCUT2D eigenvalue weighted by atomic mass is 9.90. The maximum atomic E-state index is 12.3. The number of primary amides is 1. The van der Waals surface area contributed by atoms with Crippen molar-refractivity contribution < 1.29 is 14.3 Å². The molecular weight excluding hydrogens is 318 g/mol. The van der Waals surface area contributed by atoms with E-state index in [4.69, 9.17) is 10.5 Å². The summed E-state index contributed by atoms with van der Waals surface area (Å²) in [6.07, 6.45) is 3.93. The molecule has 3 amide bonds. The van der Waals surface area contributed by atoms with E-state index in [0.29, 0.717) is 18.9 Å². The van der Waals surface area contributed by atoms with Gasteiger partial charge in [-0.25, -0.2) is 4.79 Å². The largest absolute Gasteiger partial charge is 0.367 e. The van der Waals surface area contributed by atoms with Gasteiger partial charge in [-0.2, -0.15) is 0 Å². The predicted octanol–water partition coefficient (Wildman–Crippen LogP) is 1.68. The average molecular weight is 345 g/mol. The van der Waals surface area contributed by atoms with Crippen LogP contribution in [0.4, 0.5) is 4.79 Å². The standard InChI is InChI=1S/C19H27N3O3/c20-18(23)17-7-6-16(25-17)13-21-19(24)22-10-8-15(9-11-22)12-14-4-2-1-3-5-14/h1-5,15-17H,6-13H2,(H2,20,23)(H,21,24)/t16-,17+/m1/s1. The van der Waals surface area contributed by atoms with Crippen LogP contribution in [-0.4, -0.2) is 48.7 Å². The molecule has 2 aliphatic heterocycles. The topological polar surface area (TPSA) is 84.7 Å². The second-order valence-electron chi connectivity index (χ2n) is 7.03. The monoisotopic (exact) mass is 345 g/mol. The molecule has 2 saturated heterocycles. The van der Waals surface area contributed by atoms with E-state index in [-0.39, 0.29) is 12.1 Å². The first-order chi connectivity index (χ1) is 12.1. The molecule has 3 N–H and O–H groups in total. The van der Waals surface area contributed by atoms with Crippen molar-refractivity contribution in [2.24, 2.45) is 11.7 Å². The van der Waals surface area contributed by atoms with Crippen molar-refractivity contribution in [2.45, 2.75) is 44.3 Å². The van der Waals surface area contributed by atoms with Gasteiger partial charge < -0.3 is 20.7 Å². The number of amides is 3. The lowest BCUT2D eigenvalue weighted by molar-refractivity contribution is -0.128. The van der Waals surface area contributed by atoms with Crippen LogP contribution in [0.5, 0.6) is 0 Å². The zero-order valence-electron chi connectivity index (χ0n) is 14.5. The minimum atomic E-state index is -0.504. The van der Waals surface area contributed by atoms with Gasteiger partial charge in [-0.15, -0.1) is 0 Å². The highest BCUT2D eigenvalue weighted by Crippen LogP contribution is 2.22. The summed E-state index contributed by atoms with van der Waals surface area (Å²) in [6, 6.07) is 10.5. The first-order valence-corrected chi connectivity index (χ1v) is 9.13. The van der Waals surface area contributed by atoms with E-state index in [1.54, 1.807) is 0 Å². The van der Waals surface area contributed by atoms with Gasteiger partial charge in [0.05, 0.1) is 6.10 Å². The number of nitrogens with zero attached hydrogens (tertiary/aromatic N) is 1. The Morgan fingerprint density at radius 1 is 1.12 bits per heavy atom. The van der Waals surface area contributed by atoms with E-state index in [1.807, 2.05) is 11.0 Å². The Labute approximate surface area is 148 Å². The van der Waals surface area contributed by atoms with Crippen LogP contribution in [-0.2, 0) is 16.0 Å². The van der Waals surface area contributed by atoms with Crippen molar-refractivity contribution in [2.75, 3.05) is 19.6 Å². The van der Waals surface area contributed by atoms with E-state index < -0.39 is 12.0 Å². The predicted molar refractivity (Wildman–Crippen MR) is 94.9 cm³/mol. The number of nitrogens with one attached hydrogen (secondary N) is 1. The van der Waals surface area contributed by atoms with E-state index in [2.05, 4.69) is 29.6 Å². The molecule has 6 nitrogen and oxygen atoms in total. The number of piperidine rings is 1. The van der Waals surface area contributed by atoms with Gasteiger partial charge in [0.15, 0.2) is 0 Å². The summed E-state index contributed by atoms with van der Waals surface area (Å²) in [4.78, 5) is 25.3. The van der Waals surface area contributed by atoms with Crippen LogP contribution in [0.15, 0.2) is 30.3 Å². The molecule has 0 unspecified atom stereocenters. The second kappa shape index (κ2) is 8.34. The van der Waals surface area contributed by atoms with Gasteiger partial charge in [0.2, 0.25) is 5.91 Å². The van der Waals surface area contributed by atoms with Crippen LogP contribution < -0.4 is 11.1 Å². The van der Waals surface area contributed by atoms with Gasteiger partial charge >= 0.3 is 6.03 Å². The number of carbonyl (C=O) groups excluding carboxylic acids is 2. The van der Waals surface area contributed by atoms with E-state index in [0.717, 1.165) is 38.8 Å². The lowest BCUT2D eigenvalue weighted by Crippen LogP contribution is -2.46. The Morgan fingerprint density at radius 3 is 2.48 bits per heavy atom. The molecule has 6 heteroatoms. The summed E-state index contributed by atoms with van der Waals surface area (Å²) in [5.41, 5.74) is 6.61. The van der Waals surface area contributed by atoms with E-state index >= 15 is 0 Å². The number of hydrogen-bond acceptors (Lipinski definition) is 3. The van der Waals surface area contributed by atoms with Crippen molar-refractivity contribution in [3.63, 3.8) is 0 Å². The van der Waals surface area contributed by atoms with Gasteiger partial charge in [-0.05, 0) is 43.6 Å². The fourth-order valence-electron chi connectivity index (χ4n) is 3.67. The maximum Gasteiger partial charge on any atom is 0.317 e. The number of hydrogen-bond donors (Lipinski definition) is 2. The van der Waals surface area contributed by atoms with Gasteiger partial charge in [-0.1, -0.05) is 30.3 Å². The third-order valence-corrected chi connectivity index (χ3v) is 5.17. The highest BCUT2D eigenvalue weighted by atomic mass is 16.5. The highest BCUT2D eigenvalue weighted by molar-refractivity contribution is 5.79. The van der Waals surface area contributed by atoms with E-state index in [1.165, 1.54) is 5.56 Å². The molecule has 2 atom stereocenters. The maximum absolute atomic E-state index is 12.3. The Hall–Kier alpha value is -2.08. The smallest absolute Gasteiger partial charge is 0.317 e. The van der Waals surface area contributed by atoms with Gasteiger partial charge in [0.25, 0.3) is 0 Å². The molecule has 0 bridgehead atoms. The zero-order chi connectivity index (χ0) is 17.6. The quantitative estimate of drug-likeness (QED) is 0.851. The zero-order valence-corrected chi connectivity index (χ0v) is 14.5. The third kappa shape index (κ3) is 4.95. The molecule has 2 heterocycles. The fraction of sp³-hybridized carbons (Fsp3) is 0.579. The number of urea groups is 1. The summed E-state index contributed by atoms with van der Waals surface area (Å²) in [5.74, 6) is 0.218. The second-order valence-corrected chi connectivity index (χ2v) is 7.03. The van der Waals surface area contributed by atoms with Crippen LogP contribution in [0, 0.1) is 5.92 Å². The first-order valence-electron chi connectivity index (χ1n) is 9.13. The van der Waals surface area contributed by atoms with E-state index in [9.17, 15) is 9.59 Å².